The van der Waals surface area contributed by atoms with Crippen LogP contribution in [0.2, 0.25) is 0 Å². The van der Waals surface area contributed by atoms with Gasteiger partial charge in [0.05, 0.1) is 11.3 Å². The molecule has 76 valence electrons. The number of hydrogen-bond acceptors (Lipinski definition) is 3. The van der Waals surface area contributed by atoms with E-state index in [0.29, 0.717) is 11.1 Å². The number of carboxylic acid groups (broad SMARTS) is 1. The van der Waals surface area contributed by atoms with Crippen LogP contribution in [-0.2, 0) is 0 Å². The van der Waals surface area contributed by atoms with Crippen LogP contribution in [-0.4, -0.2) is 25.8 Å². The quantitative estimate of drug-likeness (QED) is 0.798. The molecule has 0 saturated carbocycles. The number of aromatic carboxylic acids is 1. The zero-order valence-corrected chi connectivity index (χ0v) is 8.08. The van der Waals surface area contributed by atoms with Crippen LogP contribution >= 0.6 is 0 Å². The first-order valence-electron chi connectivity index (χ1n) is 4.38. The molecule has 1 heterocycles. The average Bonchev–Trinajstić information content (AvgIpc) is 2.70. The van der Waals surface area contributed by atoms with Gasteiger partial charge >= 0.3 is 5.97 Å². The van der Waals surface area contributed by atoms with Crippen molar-refractivity contribution in [2.45, 2.75) is 6.92 Å². The topological polar surface area (TPSA) is 68.0 Å². The van der Waals surface area contributed by atoms with Crippen molar-refractivity contribution in [1.82, 2.24) is 14.8 Å². The van der Waals surface area contributed by atoms with Gasteiger partial charge in [0.2, 0.25) is 0 Å². The predicted octanol–water partition coefficient (Wildman–Crippen LogP) is 1.27. The third-order valence-electron chi connectivity index (χ3n) is 2.23. The van der Waals surface area contributed by atoms with Crippen LogP contribution in [0.25, 0.3) is 5.69 Å². The fraction of sp³-hybridized carbons (Fsp3) is 0.100. The fourth-order valence-electron chi connectivity index (χ4n) is 1.46. The van der Waals surface area contributed by atoms with E-state index in [2.05, 4.69) is 10.2 Å². The van der Waals surface area contributed by atoms with Crippen LogP contribution in [0.5, 0.6) is 0 Å². The summed E-state index contributed by atoms with van der Waals surface area (Å²) < 4.78 is 1.68. The van der Waals surface area contributed by atoms with Gasteiger partial charge in [-0.2, -0.15) is 0 Å². The monoisotopic (exact) mass is 203 g/mol. The summed E-state index contributed by atoms with van der Waals surface area (Å²) in [6, 6.07) is 5.10. The number of nitrogens with zero attached hydrogens (tertiary/aromatic N) is 3. The number of benzene rings is 1. The number of hydrogen-bond donors (Lipinski definition) is 1. The maximum Gasteiger partial charge on any atom is 0.336 e. The third kappa shape index (κ3) is 1.59. The molecule has 0 unspecified atom stereocenters. The van der Waals surface area contributed by atoms with Crippen LogP contribution in [0.4, 0.5) is 0 Å². The molecule has 0 saturated heterocycles. The van der Waals surface area contributed by atoms with E-state index in [1.165, 1.54) is 12.7 Å². The van der Waals surface area contributed by atoms with Crippen molar-refractivity contribution in [3.8, 4) is 5.69 Å². The minimum absolute atomic E-state index is 0.293. The summed E-state index contributed by atoms with van der Waals surface area (Å²) in [7, 11) is 0. The summed E-state index contributed by atoms with van der Waals surface area (Å²) in [5.74, 6) is -0.928. The molecule has 5 heteroatoms. The molecule has 0 fully saturated rings. The molecule has 15 heavy (non-hydrogen) atoms. The van der Waals surface area contributed by atoms with E-state index >= 15 is 0 Å². The van der Waals surface area contributed by atoms with Crippen molar-refractivity contribution in [2.75, 3.05) is 0 Å². The normalized spacial score (nSPS) is 10.2. The smallest absolute Gasteiger partial charge is 0.336 e. The molecule has 0 spiro atoms. The number of carbonyl (C=O) groups is 1. The van der Waals surface area contributed by atoms with Crippen molar-refractivity contribution in [3.63, 3.8) is 0 Å². The van der Waals surface area contributed by atoms with E-state index < -0.39 is 5.97 Å². The molecule has 1 aromatic heterocycles. The molecule has 1 N–H and O–H groups in total. The van der Waals surface area contributed by atoms with Crippen LogP contribution in [0.1, 0.15) is 15.9 Å². The lowest BCUT2D eigenvalue weighted by Gasteiger charge is -2.07. The van der Waals surface area contributed by atoms with Gasteiger partial charge in [-0.15, -0.1) is 10.2 Å². The van der Waals surface area contributed by atoms with Crippen LogP contribution in [0, 0.1) is 6.92 Å². The molecule has 1 aromatic carbocycles. The van der Waals surface area contributed by atoms with Gasteiger partial charge in [-0.3, -0.25) is 4.57 Å². The van der Waals surface area contributed by atoms with Gasteiger partial charge in [-0.1, -0.05) is 6.07 Å². The molecule has 0 aliphatic heterocycles. The second kappa shape index (κ2) is 3.53. The predicted molar refractivity (Wildman–Crippen MR) is 53.1 cm³/mol. The Bertz CT molecular complexity index is 491. The fourth-order valence-corrected chi connectivity index (χ4v) is 1.46. The third-order valence-corrected chi connectivity index (χ3v) is 2.23. The Labute approximate surface area is 86.0 Å². The van der Waals surface area contributed by atoms with Crippen molar-refractivity contribution >= 4 is 5.97 Å². The zero-order chi connectivity index (χ0) is 10.8. The molecular weight excluding hydrogens is 194 g/mol. The molecule has 0 amide bonds. The Balaban J connectivity index is 2.59. The van der Waals surface area contributed by atoms with E-state index in [-0.39, 0.29) is 0 Å². The zero-order valence-electron chi connectivity index (χ0n) is 8.08. The highest BCUT2D eigenvalue weighted by molar-refractivity contribution is 5.90. The largest absolute Gasteiger partial charge is 0.478 e. The van der Waals surface area contributed by atoms with Crippen molar-refractivity contribution in [3.05, 3.63) is 42.0 Å². The maximum atomic E-state index is 10.9. The number of aromatic nitrogens is 3. The maximum absolute atomic E-state index is 10.9. The lowest BCUT2D eigenvalue weighted by molar-refractivity contribution is 0.0696. The molecule has 2 rings (SSSR count). The minimum Gasteiger partial charge on any atom is -0.478 e. The van der Waals surface area contributed by atoms with Crippen molar-refractivity contribution in [1.29, 1.82) is 0 Å². The summed E-state index contributed by atoms with van der Waals surface area (Å²) in [5.41, 5.74) is 1.77. The van der Waals surface area contributed by atoms with E-state index in [4.69, 9.17) is 5.11 Å². The summed E-state index contributed by atoms with van der Waals surface area (Å²) in [4.78, 5) is 10.9. The summed E-state index contributed by atoms with van der Waals surface area (Å²) >= 11 is 0. The average molecular weight is 203 g/mol. The highest BCUT2D eigenvalue weighted by atomic mass is 16.4. The Morgan fingerprint density at radius 2 is 2.00 bits per heavy atom. The lowest BCUT2D eigenvalue weighted by atomic mass is 10.1. The highest BCUT2D eigenvalue weighted by Gasteiger charge is 2.10. The van der Waals surface area contributed by atoms with Gasteiger partial charge in [0.25, 0.3) is 0 Å². The molecule has 2 aromatic rings. The molecule has 5 nitrogen and oxygen atoms in total. The molecule has 0 atom stereocenters. The Hall–Kier alpha value is -2.17. The Kier molecular flexibility index (Phi) is 2.21. The van der Waals surface area contributed by atoms with Crippen LogP contribution in [0.3, 0.4) is 0 Å². The lowest BCUT2D eigenvalue weighted by Crippen LogP contribution is -2.03. The molecule has 0 radical (unpaired) electrons. The Morgan fingerprint density at radius 3 is 2.60 bits per heavy atom. The van der Waals surface area contributed by atoms with Crippen molar-refractivity contribution in [2.24, 2.45) is 0 Å². The first-order valence-corrected chi connectivity index (χ1v) is 4.38. The second-order valence-corrected chi connectivity index (χ2v) is 3.12. The summed E-state index contributed by atoms with van der Waals surface area (Å²) in [6.07, 6.45) is 3.07. The first kappa shape index (κ1) is 9.39. The van der Waals surface area contributed by atoms with E-state index in [0.717, 1.165) is 5.69 Å². The summed E-state index contributed by atoms with van der Waals surface area (Å²) in [5, 5.41) is 16.3. The molecule has 0 bridgehead atoms. The number of carboxylic acids is 1. The van der Waals surface area contributed by atoms with Gasteiger partial charge in [0.15, 0.2) is 0 Å². The standard InChI is InChI=1S/C10H9N3O2/c1-7-8(10(14)15)3-2-4-9(7)13-5-11-12-6-13/h2-6H,1H3,(H,14,15). The van der Waals surface area contributed by atoms with E-state index in [1.54, 1.807) is 23.6 Å². The van der Waals surface area contributed by atoms with Gasteiger partial charge in [0, 0.05) is 0 Å². The second-order valence-electron chi connectivity index (χ2n) is 3.12. The first-order chi connectivity index (χ1) is 7.20. The highest BCUT2D eigenvalue weighted by Crippen LogP contribution is 2.17. The SMILES string of the molecule is Cc1c(C(=O)O)cccc1-n1cnnc1. The van der Waals surface area contributed by atoms with E-state index in [9.17, 15) is 4.79 Å². The van der Waals surface area contributed by atoms with Gasteiger partial charge in [0.1, 0.15) is 12.7 Å². The van der Waals surface area contributed by atoms with Crippen molar-refractivity contribution < 1.29 is 9.90 Å². The molecular formula is C10H9N3O2. The minimum atomic E-state index is -0.928. The molecule has 0 aliphatic rings. The number of rotatable bonds is 2. The molecule has 0 aliphatic carbocycles. The van der Waals surface area contributed by atoms with Gasteiger partial charge in [-0.25, -0.2) is 4.79 Å². The van der Waals surface area contributed by atoms with Gasteiger partial charge in [-0.05, 0) is 24.6 Å². The summed E-state index contributed by atoms with van der Waals surface area (Å²) in [6.45, 7) is 1.76. The van der Waals surface area contributed by atoms with Crippen LogP contribution in [0.15, 0.2) is 30.9 Å². The van der Waals surface area contributed by atoms with Crippen LogP contribution < -0.4 is 0 Å². The Morgan fingerprint density at radius 1 is 1.33 bits per heavy atom. The van der Waals surface area contributed by atoms with Gasteiger partial charge < -0.3 is 5.11 Å². The van der Waals surface area contributed by atoms with E-state index in [1.807, 2.05) is 6.07 Å².